The SMILES string of the molecule is [CH2]c1ccc2c(c1)C(=O)CCN2. The molecular weight excluding hydrogens is 150 g/mol. The van der Waals surface area contributed by atoms with Gasteiger partial charge in [-0.1, -0.05) is 6.07 Å². The number of fused-ring (bicyclic) bond motifs is 1. The van der Waals surface area contributed by atoms with Gasteiger partial charge in [-0.05, 0) is 24.6 Å². The molecule has 0 bridgehead atoms. The van der Waals surface area contributed by atoms with Gasteiger partial charge in [0.05, 0.1) is 0 Å². The van der Waals surface area contributed by atoms with Crippen molar-refractivity contribution in [3.05, 3.63) is 36.2 Å². The highest BCUT2D eigenvalue weighted by atomic mass is 16.1. The zero-order chi connectivity index (χ0) is 8.55. The van der Waals surface area contributed by atoms with Crippen molar-refractivity contribution in [1.82, 2.24) is 0 Å². The lowest BCUT2D eigenvalue weighted by molar-refractivity contribution is 0.0983. The average Bonchev–Trinajstić information content (AvgIpc) is 2.07. The van der Waals surface area contributed by atoms with Gasteiger partial charge in [-0.15, -0.1) is 0 Å². The second kappa shape index (κ2) is 2.63. The molecule has 2 nitrogen and oxygen atoms in total. The van der Waals surface area contributed by atoms with E-state index in [1.807, 2.05) is 18.2 Å². The molecular formula is C10H10NO. The van der Waals surface area contributed by atoms with Crippen molar-refractivity contribution in [2.75, 3.05) is 11.9 Å². The average molecular weight is 160 g/mol. The molecule has 0 saturated carbocycles. The van der Waals surface area contributed by atoms with Gasteiger partial charge in [-0.3, -0.25) is 4.79 Å². The minimum atomic E-state index is 0.217. The Labute approximate surface area is 71.6 Å². The third-order valence-electron chi connectivity index (χ3n) is 2.05. The Balaban J connectivity index is 2.54. The Morgan fingerprint density at radius 1 is 1.42 bits per heavy atom. The first-order valence-corrected chi connectivity index (χ1v) is 4.00. The molecule has 1 N–H and O–H groups in total. The molecule has 61 valence electrons. The van der Waals surface area contributed by atoms with Crippen LogP contribution in [0.4, 0.5) is 5.69 Å². The molecule has 2 rings (SSSR count). The van der Waals surface area contributed by atoms with Crippen molar-refractivity contribution in [3.8, 4) is 0 Å². The molecule has 1 radical (unpaired) electrons. The van der Waals surface area contributed by atoms with Crippen LogP contribution in [-0.2, 0) is 0 Å². The third-order valence-corrected chi connectivity index (χ3v) is 2.05. The zero-order valence-electron chi connectivity index (χ0n) is 6.76. The molecule has 0 fully saturated rings. The van der Waals surface area contributed by atoms with Gasteiger partial charge in [0.2, 0.25) is 0 Å². The van der Waals surface area contributed by atoms with E-state index in [9.17, 15) is 4.79 Å². The summed E-state index contributed by atoms with van der Waals surface area (Å²) in [6, 6.07) is 5.66. The van der Waals surface area contributed by atoms with Gasteiger partial charge in [0.1, 0.15) is 0 Å². The lowest BCUT2D eigenvalue weighted by Crippen LogP contribution is -2.17. The molecule has 1 aromatic rings. The van der Waals surface area contributed by atoms with Gasteiger partial charge in [0, 0.05) is 24.2 Å². The monoisotopic (exact) mass is 160 g/mol. The molecule has 0 amide bonds. The van der Waals surface area contributed by atoms with Crippen molar-refractivity contribution in [2.45, 2.75) is 6.42 Å². The standard InChI is InChI=1S/C10H10NO/c1-7-2-3-9-8(6-7)10(12)4-5-11-9/h2-3,6,11H,1,4-5H2. The van der Waals surface area contributed by atoms with Crippen molar-refractivity contribution in [2.24, 2.45) is 0 Å². The number of rotatable bonds is 0. The summed E-state index contributed by atoms with van der Waals surface area (Å²) in [6.07, 6.45) is 0.594. The fourth-order valence-electron chi connectivity index (χ4n) is 1.42. The van der Waals surface area contributed by atoms with Gasteiger partial charge >= 0.3 is 0 Å². The number of carbonyl (C=O) groups excluding carboxylic acids is 1. The van der Waals surface area contributed by atoms with Crippen molar-refractivity contribution in [1.29, 1.82) is 0 Å². The maximum atomic E-state index is 11.4. The highest BCUT2D eigenvalue weighted by Crippen LogP contribution is 2.22. The number of ketones is 1. The van der Waals surface area contributed by atoms with Gasteiger partial charge in [0.25, 0.3) is 0 Å². The fraction of sp³-hybridized carbons (Fsp3) is 0.200. The molecule has 1 aromatic carbocycles. The molecule has 0 unspecified atom stereocenters. The van der Waals surface area contributed by atoms with Crippen molar-refractivity contribution >= 4 is 11.5 Å². The summed E-state index contributed by atoms with van der Waals surface area (Å²) in [5, 5.41) is 3.17. The first-order valence-electron chi connectivity index (χ1n) is 4.00. The second-order valence-corrected chi connectivity index (χ2v) is 2.98. The molecule has 0 aromatic heterocycles. The Hall–Kier alpha value is -1.31. The summed E-state index contributed by atoms with van der Waals surface area (Å²) in [5.74, 6) is 0.217. The van der Waals surface area contributed by atoms with Crippen LogP contribution in [0.1, 0.15) is 22.3 Å². The van der Waals surface area contributed by atoms with Crippen LogP contribution in [0.15, 0.2) is 18.2 Å². The summed E-state index contributed by atoms with van der Waals surface area (Å²) in [4.78, 5) is 11.4. The summed E-state index contributed by atoms with van der Waals surface area (Å²) in [7, 11) is 0. The van der Waals surface area contributed by atoms with Crippen LogP contribution >= 0.6 is 0 Å². The quantitative estimate of drug-likeness (QED) is 0.627. The van der Waals surface area contributed by atoms with E-state index in [2.05, 4.69) is 12.2 Å². The highest BCUT2D eigenvalue weighted by Gasteiger charge is 2.15. The van der Waals surface area contributed by atoms with E-state index in [4.69, 9.17) is 0 Å². The topological polar surface area (TPSA) is 29.1 Å². The molecule has 0 aliphatic carbocycles. The summed E-state index contributed by atoms with van der Waals surface area (Å²) < 4.78 is 0. The van der Waals surface area contributed by atoms with Crippen LogP contribution in [-0.4, -0.2) is 12.3 Å². The molecule has 2 heteroatoms. The maximum absolute atomic E-state index is 11.4. The number of nitrogens with one attached hydrogen (secondary N) is 1. The molecule has 0 saturated heterocycles. The molecule has 1 aliphatic heterocycles. The van der Waals surface area contributed by atoms with E-state index in [-0.39, 0.29) is 5.78 Å². The first kappa shape index (κ1) is 7.35. The van der Waals surface area contributed by atoms with Crippen LogP contribution in [0.5, 0.6) is 0 Å². The number of hydrogen-bond donors (Lipinski definition) is 1. The number of Topliss-reactive ketones (excluding diaryl/α,β-unsaturated/α-hetero) is 1. The van der Waals surface area contributed by atoms with Gasteiger partial charge < -0.3 is 5.32 Å². The fourth-order valence-corrected chi connectivity index (χ4v) is 1.42. The predicted molar refractivity (Wildman–Crippen MR) is 48.3 cm³/mol. The van der Waals surface area contributed by atoms with E-state index < -0.39 is 0 Å². The third kappa shape index (κ3) is 1.09. The molecule has 12 heavy (non-hydrogen) atoms. The Kier molecular flexibility index (Phi) is 1.61. The van der Waals surface area contributed by atoms with Gasteiger partial charge in [-0.2, -0.15) is 0 Å². The van der Waals surface area contributed by atoms with E-state index >= 15 is 0 Å². The second-order valence-electron chi connectivity index (χ2n) is 2.98. The molecule has 1 heterocycles. The largest absolute Gasteiger partial charge is 0.384 e. The van der Waals surface area contributed by atoms with E-state index in [0.29, 0.717) is 6.42 Å². The van der Waals surface area contributed by atoms with Crippen LogP contribution in [0.2, 0.25) is 0 Å². The van der Waals surface area contributed by atoms with Crippen molar-refractivity contribution in [3.63, 3.8) is 0 Å². The lowest BCUT2D eigenvalue weighted by Gasteiger charge is -2.16. The zero-order valence-corrected chi connectivity index (χ0v) is 6.76. The van der Waals surface area contributed by atoms with E-state index in [1.54, 1.807) is 0 Å². The van der Waals surface area contributed by atoms with Crippen LogP contribution in [0, 0.1) is 6.92 Å². The predicted octanol–water partition coefficient (Wildman–Crippen LogP) is 1.87. The minimum absolute atomic E-state index is 0.217. The van der Waals surface area contributed by atoms with Crippen molar-refractivity contribution < 1.29 is 4.79 Å². The minimum Gasteiger partial charge on any atom is -0.384 e. The molecule has 1 aliphatic rings. The number of hydrogen-bond acceptors (Lipinski definition) is 2. The Bertz CT molecular complexity index is 331. The molecule has 0 spiro atoms. The summed E-state index contributed by atoms with van der Waals surface area (Å²) >= 11 is 0. The lowest BCUT2D eigenvalue weighted by atomic mass is 10.0. The van der Waals surface area contributed by atoms with Crippen LogP contribution in [0.25, 0.3) is 0 Å². The van der Waals surface area contributed by atoms with Gasteiger partial charge in [-0.25, -0.2) is 0 Å². The first-order chi connectivity index (χ1) is 5.77. The number of carbonyl (C=O) groups is 1. The number of anilines is 1. The van der Waals surface area contributed by atoms with E-state index in [0.717, 1.165) is 23.4 Å². The number of benzene rings is 1. The Morgan fingerprint density at radius 2 is 2.25 bits per heavy atom. The van der Waals surface area contributed by atoms with E-state index in [1.165, 1.54) is 0 Å². The summed E-state index contributed by atoms with van der Waals surface area (Å²) in [5.41, 5.74) is 2.62. The molecule has 0 atom stereocenters. The highest BCUT2D eigenvalue weighted by molar-refractivity contribution is 6.03. The summed E-state index contributed by atoms with van der Waals surface area (Å²) in [6.45, 7) is 4.54. The maximum Gasteiger partial charge on any atom is 0.166 e. The van der Waals surface area contributed by atoms with Gasteiger partial charge in [0.15, 0.2) is 5.78 Å². The smallest absolute Gasteiger partial charge is 0.166 e. The Morgan fingerprint density at radius 3 is 3.08 bits per heavy atom. The van der Waals surface area contributed by atoms with Crippen LogP contribution < -0.4 is 5.32 Å². The normalized spacial score (nSPS) is 15.2. The van der Waals surface area contributed by atoms with Crippen LogP contribution in [0.3, 0.4) is 0 Å².